The molecule has 0 aromatic carbocycles. The number of methoxy groups -OCH3 is 1. The van der Waals surface area contributed by atoms with E-state index < -0.39 is 5.60 Å². The SMILES string of the molecule is CCC(C)(OC)C(=O)NC1CCC(N)CC1. The van der Waals surface area contributed by atoms with Crippen molar-refractivity contribution in [1.82, 2.24) is 5.32 Å². The summed E-state index contributed by atoms with van der Waals surface area (Å²) in [7, 11) is 1.58. The van der Waals surface area contributed by atoms with E-state index in [0.717, 1.165) is 25.7 Å². The lowest BCUT2D eigenvalue weighted by molar-refractivity contribution is -0.142. The van der Waals surface area contributed by atoms with Gasteiger partial charge in [-0.1, -0.05) is 6.92 Å². The Morgan fingerprint density at radius 3 is 2.44 bits per heavy atom. The number of nitrogens with two attached hydrogens (primary N) is 1. The van der Waals surface area contributed by atoms with E-state index in [1.54, 1.807) is 7.11 Å². The molecule has 16 heavy (non-hydrogen) atoms. The van der Waals surface area contributed by atoms with Gasteiger partial charge in [-0.25, -0.2) is 0 Å². The molecule has 4 nitrogen and oxygen atoms in total. The van der Waals surface area contributed by atoms with Crippen LogP contribution in [0.1, 0.15) is 46.0 Å². The van der Waals surface area contributed by atoms with Crippen LogP contribution in [-0.4, -0.2) is 30.7 Å². The van der Waals surface area contributed by atoms with Crippen molar-refractivity contribution in [2.75, 3.05) is 7.11 Å². The number of rotatable bonds is 4. The third kappa shape index (κ3) is 3.19. The van der Waals surface area contributed by atoms with Crippen molar-refractivity contribution in [3.63, 3.8) is 0 Å². The highest BCUT2D eigenvalue weighted by Gasteiger charge is 2.33. The van der Waals surface area contributed by atoms with Crippen molar-refractivity contribution in [1.29, 1.82) is 0 Å². The zero-order chi connectivity index (χ0) is 12.2. The number of hydrogen-bond donors (Lipinski definition) is 2. The molecule has 1 atom stereocenters. The second kappa shape index (κ2) is 5.64. The summed E-state index contributed by atoms with van der Waals surface area (Å²) < 4.78 is 5.27. The molecular weight excluding hydrogens is 204 g/mol. The first-order chi connectivity index (χ1) is 7.51. The van der Waals surface area contributed by atoms with Gasteiger partial charge in [-0.3, -0.25) is 4.79 Å². The van der Waals surface area contributed by atoms with Gasteiger partial charge in [0.25, 0.3) is 5.91 Å². The smallest absolute Gasteiger partial charge is 0.252 e. The summed E-state index contributed by atoms with van der Waals surface area (Å²) in [5.41, 5.74) is 5.13. The monoisotopic (exact) mass is 228 g/mol. The minimum Gasteiger partial charge on any atom is -0.369 e. The first-order valence-corrected chi connectivity index (χ1v) is 6.13. The van der Waals surface area contributed by atoms with Crippen LogP contribution in [0.2, 0.25) is 0 Å². The lowest BCUT2D eigenvalue weighted by Crippen LogP contribution is -2.50. The standard InChI is InChI=1S/C12H24N2O2/c1-4-12(2,16-3)11(15)14-10-7-5-9(13)6-8-10/h9-10H,4-8,13H2,1-3H3,(H,14,15). The minimum absolute atomic E-state index is 0.00188. The molecule has 4 heteroatoms. The van der Waals surface area contributed by atoms with Gasteiger partial charge < -0.3 is 15.8 Å². The van der Waals surface area contributed by atoms with Gasteiger partial charge in [0.2, 0.25) is 0 Å². The van der Waals surface area contributed by atoms with Gasteiger partial charge in [0.05, 0.1) is 0 Å². The van der Waals surface area contributed by atoms with Gasteiger partial charge in [0, 0.05) is 19.2 Å². The van der Waals surface area contributed by atoms with Crippen LogP contribution in [0.15, 0.2) is 0 Å². The quantitative estimate of drug-likeness (QED) is 0.759. The molecule has 0 aromatic heterocycles. The van der Waals surface area contributed by atoms with Gasteiger partial charge in [-0.15, -0.1) is 0 Å². The Labute approximate surface area is 97.9 Å². The molecule has 1 fully saturated rings. The van der Waals surface area contributed by atoms with Crippen LogP contribution in [0.5, 0.6) is 0 Å². The number of amides is 1. The number of carbonyl (C=O) groups is 1. The van der Waals surface area contributed by atoms with Gasteiger partial charge in [-0.05, 0) is 39.0 Å². The summed E-state index contributed by atoms with van der Waals surface area (Å²) in [4.78, 5) is 12.0. The lowest BCUT2D eigenvalue weighted by Gasteiger charge is -2.31. The molecule has 1 amide bonds. The van der Waals surface area contributed by atoms with Crippen molar-refractivity contribution in [2.45, 2.75) is 63.6 Å². The van der Waals surface area contributed by atoms with Crippen LogP contribution < -0.4 is 11.1 Å². The maximum atomic E-state index is 12.0. The molecule has 1 rings (SSSR count). The topological polar surface area (TPSA) is 64.3 Å². The number of ether oxygens (including phenoxy) is 1. The molecule has 0 heterocycles. The van der Waals surface area contributed by atoms with Crippen LogP contribution in [0, 0.1) is 0 Å². The molecule has 0 aromatic rings. The number of hydrogen-bond acceptors (Lipinski definition) is 3. The Morgan fingerprint density at radius 2 is 2.00 bits per heavy atom. The van der Waals surface area contributed by atoms with E-state index in [1.807, 2.05) is 13.8 Å². The van der Waals surface area contributed by atoms with E-state index in [2.05, 4.69) is 5.32 Å². The fraction of sp³-hybridized carbons (Fsp3) is 0.917. The minimum atomic E-state index is -0.695. The van der Waals surface area contributed by atoms with Crippen molar-refractivity contribution in [2.24, 2.45) is 5.73 Å². The first kappa shape index (κ1) is 13.5. The number of carbonyl (C=O) groups excluding carboxylic acids is 1. The average Bonchev–Trinajstić information content (AvgIpc) is 2.31. The summed E-state index contributed by atoms with van der Waals surface area (Å²) in [6.45, 7) is 3.79. The van der Waals surface area contributed by atoms with Crippen LogP contribution in [0.4, 0.5) is 0 Å². The number of nitrogens with one attached hydrogen (secondary N) is 1. The third-order valence-corrected chi connectivity index (χ3v) is 3.71. The fourth-order valence-corrected chi connectivity index (χ4v) is 2.00. The largest absolute Gasteiger partial charge is 0.369 e. The van der Waals surface area contributed by atoms with Gasteiger partial charge in [-0.2, -0.15) is 0 Å². The zero-order valence-electron chi connectivity index (χ0n) is 10.6. The van der Waals surface area contributed by atoms with Crippen molar-refractivity contribution in [3.05, 3.63) is 0 Å². The van der Waals surface area contributed by atoms with Gasteiger partial charge >= 0.3 is 0 Å². The third-order valence-electron chi connectivity index (χ3n) is 3.71. The summed E-state index contributed by atoms with van der Waals surface area (Å²) in [6.07, 6.45) is 4.65. The zero-order valence-corrected chi connectivity index (χ0v) is 10.6. The molecule has 1 unspecified atom stereocenters. The molecule has 0 saturated heterocycles. The van der Waals surface area contributed by atoms with Gasteiger partial charge in [0.15, 0.2) is 0 Å². The highest BCUT2D eigenvalue weighted by Crippen LogP contribution is 2.19. The summed E-state index contributed by atoms with van der Waals surface area (Å²) in [6, 6.07) is 0.585. The molecule has 0 spiro atoms. The van der Waals surface area contributed by atoms with E-state index in [1.165, 1.54) is 0 Å². The Kier molecular flexibility index (Phi) is 4.74. The lowest BCUT2D eigenvalue weighted by atomic mass is 9.91. The fourth-order valence-electron chi connectivity index (χ4n) is 2.00. The van der Waals surface area contributed by atoms with E-state index in [4.69, 9.17) is 10.5 Å². The summed E-state index contributed by atoms with van der Waals surface area (Å²) >= 11 is 0. The van der Waals surface area contributed by atoms with Crippen molar-refractivity contribution < 1.29 is 9.53 Å². The Balaban J connectivity index is 2.45. The summed E-state index contributed by atoms with van der Waals surface area (Å²) in [5.74, 6) is -0.00188. The molecule has 1 aliphatic carbocycles. The molecular formula is C12H24N2O2. The second-order valence-corrected chi connectivity index (χ2v) is 4.87. The Morgan fingerprint density at radius 1 is 1.44 bits per heavy atom. The molecule has 0 aliphatic heterocycles. The molecule has 0 radical (unpaired) electrons. The van der Waals surface area contributed by atoms with Crippen molar-refractivity contribution in [3.8, 4) is 0 Å². The van der Waals surface area contributed by atoms with Crippen LogP contribution >= 0.6 is 0 Å². The molecule has 3 N–H and O–H groups in total. The highest BCUT2D eigenvalue weighted by atomic mass is 16.5. The molecule has 94 valence electrons. The van der Waals surface area contributed by atoms with Crippen molar-refractivity contribution >= 4 is 5.91 Å². The molecule has 0 bridgehead atoms. The van der Waals surface area contributed by atoms with Crippen LogP contribution in [0.25, 0.3) is 0 Å². The predicted molar refractivity (Wildman–Crippen MR) is 64.1 cm³/mol. The molecule has 1 saturated carbocycles. The normalized spacial score (nSPS) is 29.5. The first-order valence-electron chi connectivity index (χ1n) is 6.13. The van der Waals surface area contributed by atoms with Crippen LogP contribution in [-0.2, 0) is 9.53 Å². The predicted octanol–water partition coefficient (Wildman–Crippen LogP) is 1.19. The van der Waals surface area contributed by atoms with E-state index >= 15 is 0 Å². The molecule has 1 aliphatic rings. The maximum absolute atomic E-state index is 12.0. The Bertz CT molecular complexity index is 231. The van der Waals surface area contributed by atoms with Gasteiger partial charge in [0.1, 0.15) is 5.60 Å². The maximum Gasteiger partial charge on any atom is 0.252 e. The van der Waals surface area contributed by atoms with E-state index in [9.17, 15) is 4.79 Å². The van der Waals surface area contributed by atoms with Crippen LogP contribution in [0.3, 0.4) is 0 Å². The van der Waals surface area contributed by atoms with E-state index in [0.29, 0.717) is 12.5 Å². The summed E-state index contributed by atoms with van der Waals surface area (Å²) in [5, 5.41) is 3.06. The van der Waals surface area contributed by atoms with E-state index in [-0.39, 0.29) is 11.9 Å². The highest BCUT2D eigenvalue weighted by molar-refractivity contribution is 5.84. The Hall–Kier alpha value is -0.610. The average molecular weight is 228 g/mol. The second-order valence-electron chi connectivity index (χ2n) is 4.87.